The van der Waals surface area contributed by atoms with E-state index < -0.39 is 0 Å². The Balaban J connectivity index is 2.28. The second kappa shape index (κ2) is 6.05. The lowest BCUT2D eigenvalue weighted by atomic mass is 10.2. The van der Waals surface area contributed by atoms with Gasteiger partial charge in [0.15, 0.2) is 0 Å². The van der Waals surface area contributed by atoms with Gasteiger partial charge in [0.1, 0.15) is 0 Å². The molecule has 3 N–H and O–H groups in total. The summed E-state index contributed by atoms with van der Waals surface area (Å²) in [6, 6.07) is 0.451. The summed E-state index contributed by atoms with van der Waals surface area (Å²) in [6.07, 6.45) is 0. The quantitative estimate of drug-likeness (QED) is 0.610. The van der Waals surface area contributed by atoms with E-state index >= 15 is 0 Å². The van der Waals surface area contributed by atoms with Crippen molar-refractivity contribution in [3.63, 3.8) is 0 Å². The molecule has 1 atom stereocenters. The number of carbonyl (C=O) groups is 1. The molecule has 0 aromatic heterocycles. The molecule has 1 heterocycles. The molecule has 1 aliphatic heterocycles. The summed E-state index contributed by atoms with van der Waals surface area (Å²) in [6.45, 7) is 6.76. The van der Waals surface area contributed by atoms with Crippen LogP contribution in [0.5, 0.6) is 0 Å². The lowest BCUT2D eigenvalue weighted by Gasteiger charge is -2.37. The first-order valence-corrected chi connectivity index (χ1v) is 5.53. The maximum absolute atomic E-state index is 11.5. The van der Waals surface area contributed by atoms with Crippen LogP contribution in [-0.2, 0) is 4.79 Å². The number of rotatable bonds is 4. The maximum atomic E-state index is 11.5. The molecule has 0 aromatic carbocycles. The molecule has 0 radical (unpaired) electrons. The van der Waals surface area contributed by atoms with Gasteiger partial charge in [0.2, 0.25) is 5.91 Å². The number of carbonyl (C=O) groups excluding carboxylic acids is 1. The van der Waals surface area contributed by atoms with Crippen LogP contribution in [0.3, 0.4) is 0 Å². The number of hydrogen-bond acceptors (Lipinski definition) is 4. The van der Waals surface area contributed by atoms with Gasteiger partial charge in [0.25, 0.3) is 0 Å². The lowest BCUT2D eigenvalue weighted by molar-refractivity contribution is -0.123. The molecule has 1 saturated heterocycles. The number of nitrogens with two attached hydrogens (primary N) is 1. The fraction of sp³-hybridized carbons (Fsp3) is 0.900. The summed E-state index contributed by atoms with van der Waals surface area (Å²) in [5.41, 5.74) is 5.32. The third-order valence-corrected chi connectivity index (χ3v) is 2.78. The normalized spacial score (nSPS) is 24.1. The van der Waals surface area contributed by atoms with Crippen LogP contribution in [0.1, 0.15) is 6.92 Å². The third kappa shape index (κ3) is 4.15. The molecule has 1 rings (SSSR count). The fourth-order valence-electron chi connectivity index (χ4n) is 1.86. The van der Waals surface area contributed by atoms with Crippen LogP contribution in [0.4, 0.5) is 0 Å². The molecule has 5 nitrogen and oxygen atoms in total. The minimum Gasteiger partial charge on any atom is -0.354 e. The topological polar surface area (TPSA) is 61.6 Å². The second-order valence-electron chi connectivity index (χ2n) is 4.22. The average Bonchev–Trinajstić information content (AvgIpc) is 2.19. The molecule has 0 aliphatic carbocycles. The SMILES string of the molecule is CC1CN(C)CCN1CC(=O)NCCN. The molecule has 1 aliphatic rings. The Labute approximate surface area is 91.6 Å². The number of nitrogens with one attached hydrogen (secondary N) is 1. The zero-order valence-electron chi connectivity index (χ0n) is 9.70. The van der Waals surface area contributed by atoms with E-state index in [1.54, 1.807) is 0 Å². The van der Waals surface area contributed by atoms with E-state index in [4.69, 9.17) is 5.73 Å². The van der Waals surface area contributed by atoms with Crippen molar-refractivity contribution in [2.24, 2.45) is 5.73 Å². The Morgan fingerprint density at radius 3 is 2.87 bits per heavy atom. The van der Waals surface area contributed by atoms with E-state index in [1.165, 1.54) is 0 Å². The predicted molar refractivity (Wildman–Crippen MR) is 60.6 cm³/mol. The van der Waals surface area contributed by atoms with Gasteiger partial charge in [0.05, 0.1) is 6.54 Å². The van der Waals surface area contributed by atoms with Gasteiger partial charge in [-0.2, -0.15) is 0 Å². The first-order chi connectivity index (χ1) is 7.13. The van der Waals surface area contributed by atoms with Gasteiger partial charge in [-0.05, 0) is 14.0 Å². The second-order valence-corrected chi connectivity index (χ2v) is 4.22. The molecule has 1 fully saturated rings. The zero-order valence-corrected chi connectivity index (χ0v) is 9.70. The largest absolute Gasteiger partial charge is 0.354 e. The van der Waals surface area contributed by atoms with E-state index in [2.05, 4.69) is 29.1 Å². The molecule has 5 heteroatoms. The monoisotopic (exact) mass is 214 g/mol. The predicted octanol–water partition coefficient (Wildman–Crippen LogP) is -1.30. The smallest absolute Gasteiger partial charge is 0.234 e. The van der Waals surface area contributed by atoms with Gasteiger partial charge >= 0.3 is 0 Å². The van der Waals surface area contributed by atoms with Crippen LogP contribution < -0.4 is 11.1 Å². The Kier molecular flexibility index (Phi) is 5.01. The molecule has 1 unspecified atom stereocenters. The number of piperazine rings is 1. The van der Waals surface area contributed by atoms with Crippen LogP contribution in [0, 0.1) is 0 Å². The first kappa shape index (κ1) is 12.4. The molecular weight excluding hydrogens is 192 g/mol. The van der Waals surface area contributed by atoms with E-state index in [0.29, 0.717) is 25.7 Å². The number of nitrogens with zero attached hydrogens (tertiary/aromatic N) is 2. The van der Waals surface area contributed by atoms with Gasteiger partial charge < -0.3 is 16.0 Å². The summed E-state index contributed by atoms with van der Waals surface area (Å²) in [5, 5.41) is 2.79. The molecule has 0 bridgehead atoms. The Bertz CT molecular complexity index is 210. The molecule has 1 amide bonds. The molecule has 15 heavy (non-hydrogen) atoms. The minimum absolute atomic E-state index is 0.0804. The standard InChI is InChI=1S/C10H22N4O/c1-9-7-13(2)5-6-14(9)8-10(15)12-4-3-11/h9H,3-8,11H2,1-2H3,(H,12,15). The zero-order chi connectivity index (χ0) is 11.3. The summed E-state index contributed by atoms with van der Waals surface area (Å²) in [7, 11) is 2.11. The lowest BCUT2D eigenvalue weighted by Crippen LogP contribution is -2.53. The van der Waals surface area contributed by atoms with Crippen molar-refractivity contribution in [2.75, 3.05) is 46.3 Å². The van der Waals surface area contributed by atoms with Crippen molar-refractivity contribution in [1.29, 1.82) is 0 Å². The highest BCUT2D eigenvalue weighted by Crippen LogP contribution is 2.06. The molecule has 0 spiro atoms. The molecular formula is C10H22N4O. The van der Waals surface area contributed by atoms with Crippen molar-refractivity contribution in [1.82, 2.24) is 15.1 Å². The van der Waals surface area contributed by atoms with Crippen molar-refractivity contribution < 1.29 is 4.79 Å². The number of likely N-dealkylation sites (N-methyl/N-ethyl adjacent to an activating group) is 1. The molecule has 88 valence electrons. The van der Waals surface area contributed by atoms with Crippen LogP contribution in [0.15, 0.2) is 0 Å². The third-order valence-electron chi connectivity index (χ3n) is 2.78. The highest BCUT2D eigenvalue weighted by molar-refractivity contribution is 5.78. The van der Waals surface area contributed by atoms with E-state index in [-0.39, 0.29) is 5.91 Å². The van der Waals surface area contributed by atoms with Crippen molar-refractivity contribution in [2.45, 2.75) is 13.0 Å². The summed E-state index contributed by atoms with van der Waals surface area (Å²) >= 11 is 0. The van der Waals surface area contributed by atoms with Crippen LogP contribution in [0.2, 0.25) is 0 Å². The average molecular weight is 214 g/mol. The van der Waals surface area contributed by atoms with Gasteiger partial charge in [-0.3, -0.25) is 9.69 Å². The van der Waals surface area contributed by atoms with Crippen molar-refractivity contribution >= 4 is 5.91 Å². The van der Waals surface area contributed by atoms with Gasteiger partial charge in [0, 0.05) is 38.8 Å². The Hall–Kier alpha value is -0.650. The number of amides is 1. The molecule has 0 aromatic rings. The maximum Gasteiger partial charge on any atom is 0.234 e. The highest BCUT2D eigenvalue weighted by Gasteiger charge is 2.22. The number of hydrogen-bond donors (Lipinski definition) is 2. The fourth-order valence-corrected chi connectivity index (χ4v) is 1.86. The van der Waals surface area contributed by atoms with Gasteiger partial charge in [-0.25, -0.2) is 0 Å². The van der Waals surface area contributed by atoms with E-state index in [9.17, 15) is 4.79 Å². The summed E-state index contributed by atoms with van der Waals surface area (Å²) in [4.78, 5) is 16.0. The van der Waals surface area contributed by atoms with Crippen LogP contribution in [-0.4, -0.2) is 68.1 Å². The van der Waals surface area contributed by atoms with Crippen molar-refractivity contribution in [3.8, 4) is 0 Å². The summed E-state index contributed by atoms with van der Waals surface area (Å²) in [5.74, 6) is 0.0804. The highest BCUT2D eigenvalue weighted by atomic mass is 16.2. The van der Waals surface area contributed by atoms with Crippen molar-refractivity contribution in [3.05, 3.63) is 0 Å². The minimum atomic E-state index is 0.0804. The first-order valence-electron chi connectivity index (χ1n) is 5.53. The van der Waals surface area contributed by atoms with E-state index in [0.717, 1.165) is 19.6 Å². The Morgan fingerprint density at radius 1 is 1.53 bits per heavy atom. The van der Waals surface area contributed by atoms with Gasteiger partial charge in [-0.1, -0.05) is 0 Å². The van der Waals surface area contributed by atoms with Gasteiger partial charge in [-0.15, -0.1) is 0 Å². The molecule has 0 saturated carbocycles. The van der Waals surface area contributed by atoms with Crippen LogP contribution in [0.25, 0.3) is 0 Å². The Morgan fingerprint density at radius 2 is 2.27 bits per heavy atom. The van der Waals surface area contributed by atoms with E-state index in [1.807, 2.05) is 0 Å². The van der Waals surface area contributed by atoms with Crippen LogP contribution >= 0.6 is 0 Å². The summed E-state index contributed by atoms with van der Waals surface area (Å²) < 4.78 is 0.